The predicted molar refractivity (Wildman–Crippen MR) is 61.5 cm³/mol. The summed E-state index contributed by atoms with van der Waals surface area (Å²) in [7, 11) is 0. The van der Waals surface area contributed by atoms with Gasteiger partial charge in [0.05, 0.1) is 6.33 Å². The number of hydrogen-bond donors (Lipinski definition) is 2. The molecule has 0 aliphatic carbocycles. The third-order valence-corrected chi connectivity index (χ3v) is 2.35. The van der Waals surface area contributed by atoms with E-state index in [0.717, 1.165) is 26.1 Å². The number of nitrogens with zero attached hydrogens (tertiary/aromatic N) is 2. The molecule has 19 heavy (non-hydrogen) atoms. The molecule has 0 amide bonds. The van der Waals surface area contributed by atoms with Crippen LogP contribution in [0, 0.1) is 0 Å². The maximum atomic E-state index is 10.6. The molecule has 2 heterocycles. The lowest BCUT2D eigenvalue weighted by Gasteiger charge is -2.13. The summed E-state index contributed by atoms with van der Waals surface area (Å²) in [6.07, 6.45) is 4.04. The van der Waals surface area contributed by atoms with Crippen molar-refractivity contribution >= 4 is 5.97 Å². The van der Waals surface area contributed by atoms with E-state index in [4.69, 9.17) is 9.90 Å². The normalized spacial score (nSPS) is 15.2. The van der Waals surface area contributed by atoms with Crippen molar-refractivity contribution in [1.82, 2.24) is 14.9 Å². The first-order chi connectivity index (χ1) is 8.89. The maximum absolute atomic E-state index is 10.6. The van der Waals surface area contributed by atoms with Crippen LogP contribution < -0.4 is 5.32 Å². The van der Waals surface area contributed by atoms with E-state index in [9.17, 15) is 13.2 Å². The lowest BCUT2D eigenvalue weighted by molar-refractivity contribution is -0.192. The molecule has 0 spiro atoms. The summed E-state index contributed by atoms with van der Waals surface area (Å²) >= 11 is 0. The van der Waals surface area contributed by atoms with Crippen LogP contribution >= 0.6 is 0 Å². The topological polar surface area (TPSA) is 67.2 Å². The number of aromatic nitrogens is 2. The van der Waals surface area contributed by atoms with Crippen LogP contribution in [0.2, 0.25) is 0 Å². The zero-order valence-electron chi connectivity index (χ0n) is 10.0. The van der Waals surface area contributed by atoms with Gasteiger partial charge in [0.1, 0.15) is 0 Å². The van der Waals surface area contributed by atoms with Gasteiger partial charge in [0.15, 0.2) is 0 Å². The Morgan fingerprint density at radius 2 is 2.21 bits per heavy atom. The zero-order chi connectivity index (χ0) is 14.3. The molecular formula is C11H14F3N3O2. The fourth-order valence-corrected chi connectivity index (χ4v) is 1.43. The van der Waals surface area contributed by atoms with Crippen molar-refractivity contribution in [3.8, 4) is 0 Å². The molecule has 0 atom stereocenters. The molecule has 0 bridgehead atoms. The number of alkyl halides is 3. The predicted octanol–water partition coefficient (Wildman–Crippen LogP) is 1.44. The number of carboxylic acids is 1. The van der Waals surface area contributed by atoms with Crippen molar-refractivity contribution in [2.45, 2.75) is 19.1 Å². The molecule has 2 N–H and O–H groups in total. The Morgan fingerprint density at radius 1 is 1.53 bits per heavy atom. The number of rotatable bonds is 2. The van der Waals surface area contributed by atoms with Gasteiger partial charge in [-0.05, 0) is 13.0 Å². The molecule has 1 aliphatic rings. The third-order valence-electron chi connectivity index (χ3n) is 2.35. The maximum Gasteiger partial charge on any atom is 0.490 e. The largest absolute Gasteiger partial charge is 0.490 e. The lowest BCUT2D eigenvalue weighted by atomic mass is 10.1. The minimum atomic E-state index is -5.08. The first-order valence-corrected chi connectivity index (χ1v) is 5.54. The average Bonchev–Trinajstić information content (AvgIpc) is 2.83. The molecule has 0 fully saturated rings. The van der Waals surface area contributed by atoms with E-state index in [2.05, 4.69) is 20.9 Å². The fourth-order valence-electron chi connectivity index (χ4n) is 1.43. The number of hydrogen-bond acceptors (Lipinski definition) is 3. The van der Waals surface area contributed by atoms with E-state index >= 15 is 0 Å². The highest BCUT2D eigenvalue weighted by Crippen LogP contribution is 2.13. The van der Waals surface area contributed by atoms with E-state index in [0.29, 0.717) is 0 Å². The highest BCUT2D eigenvalue weighted by Gasteiger charge is 2.38. The highest BCUT2D eigenvalue weighted by atomic mass is 19.4. The first-order valence-electron chi connectivity index (χ1n) is 5.54. The summed E-state index contributed by atoms with van der Waals surface area (Å²) in [6, 6.07) is 0. The molecule has 0 aromatic carbocycles. The Labute approximate surface area is 107 Å². The lowest BCUT2D eigenvalue weighted by Crippen LogP contribution is -2.21. The van der Waals surface area contributed by atoms with Gasteiger partial charge in [0.2, 0.25) is 0 Å². The summed E-state index contributed by atoms with van der Waals surface area (Å²) in [5.41, 5.74) is 1.51. The minimum Gasteiger partial charge on any atom is -0.475 e. The Bertz CT molecular complexity index is 427. The molecule has 0 unspecified atom stereocenters. The van der Waals surface area contributed by atoms with E-state index in [1.54, 1.807) is 0 Å². The molecule has 2 rings (SSSR count). The smallest absolute Gasteiger partial charge is 0.475 e. The van der Waals surface area contributed by atoms with Crippen LogP contribution in [0.3, 0.4) is 0 Å². The zero-order valence-corrected chi connectivity index (χ0v) is 10.0. The van der Waals surface area contributed by atoms with Crippen molar-refractivity contribution in [1.29, 1.82) is 0 Å². The van der Waals surface area contributed by atoms with Gasteiger partial charge in [-0.1, -0.05) is 11.6 Å². The quantitative estimate of drug-likeness (QED) is 0.803. The number of imidazole rings is 1. The van der Waals surface area contributed by atoms with Gasteiger partial charge in [-0.15, -0.1) is 0 Å². The molecular weight excluding hydrogens is 263 g/mol. The monoisotopic (exact) mass is 277 g/mol. The number of carboxylic acid groups (broad SMARTS) is 1. The summed E-state index contributed by atoms with van der Waals surface area (Å²) < 4.78 is 33.8. The van der Waals surface area contributed by atoms with Crippen molar-refractivity contribution in [3.63, 3.8) is 0 Å². The molecule has 106 valence electrons. The van der Waals surface area contributed by atoms with Crippen LogP contribution in [0.1, 0.15) is 6.42 Å². The minimum absolute atomic E-state index is 1.00. The fraction of sp³-hybridized carbons (Fsp3) is 0.455. The number of halogens is 3. The summed E-state index contributed by atoms with van der Waals surface area (Å²) in [5.74, 6) is -2.76. The van der Waals surface area contributed by atoms with Gasteiger partial charge < -0.3 is 15.0 Å². The van der Waals surface area contributed by atoms with Crippen LogP contribution in [0.4, 0.5) is 13.2 Å². The van der Waals surface area contributed by atoms with Gasteiger partial charge in [-0.2, -0.15) is 13.2 Å². The average molecular weight is 277 g/mol. The number of aliphatic carboxylic acids is 1. The SMILES string of the molecule is C1=C(Cn2ccnc2)CCNC1.O=C(O)C(F)(F)F. The van der Waals surface area contributed by atoms with Gasteiger partial charge in [0, 0.05) is 25.5 Å². The standard InChI is InChI=1S/C9H13N3.C2HF3O2/c1-3-10-4-2-9(1)7-12-6-5-11-8-12;3-2(4,5)1(6)7/h1,5-6,8,10H,2-4,7H2;(H,6,7). The first kappa shape index (κ1) is 15.2. The van der Waals surface area contributed by atoms with Gasteiger partial charge in [-0.3, -0.25) is 0 Å². The van der Waals surface area contributed by atoms with Crippen LogP contribution in [-0.2, 0) is 11.3 Å². The molecule has 0 saturated heterocycles. The summed E-state index contributed by atoms with van der Waals surface area (Å²) in [4.78, 5) is 12.9. The van der Waals surface area contributed by atoms with Crippen LogP contribution in [-0.4, -0.2) is 39.9 Å². The third kappa shape index (κ3) is 6.05. The molecule has 0 radical (unpaired) electrons. The Balaban J connectivity index is 0.000000224. The second-order valence-corrected chi connectivity index (χ2v) is 3.85. The van der Waals surface area contributed by atoms with E-state index < -0.39 is 12.1 Å². The summed E-state index contributed by atoms with van der Waals surface area (Å²) in [6.45, 7) is 3.13. The second kappa shape index (κ2) is 6.93. The van der Waals surface area contributed by atoms with Crippen LogP contribution in [0.15, 0.2) is 30.4 Å². The van der Waals surface area contributed by atoms with Gasteiger partial charge >= 0.3 is 12.1 Å². The molecule has 1 aromatic heterocycles. The molecule has 0 saturated carbocycles. The highest BCUT2D eigenvalue weighted by molar-refractivity contribution is 5.73. The van der Waals surface area contributed by atoms with Crippen molar-refractivity contribution in [2.24, 2.45) is 0 Å². The van der Waals surface area contributed by atoms with E-state index in [-0.39, 0.29) is 0 Å². The van der Waals surface area contributed by atoms with Crippen molar-refractivity contribution in [2.75, 3.05) is 13.1 Å². The molecule has 1 aliphatic heterocycles. The second-order valence-electron chi connectivity index (χ2n) is 3.85. The molecule has 8 heteroatoms. The summed E-state index contributed by atoms with van der Waals surface area (Å²) in [5, 5.41) is 10.4. The molecule has 5 nitrogen and oxygen atoms in total. The Morgan fingerprint density at radius 3 is 2.63 bits per heavy atom. The number of carbonyl (C=O) groups is 1. The number of nitrogens with one attached hydrogen (secondary N) is 1. The Kier molecular flexibility index (Phi) is 5.56. The molecule has 1 aromatic rings. The van der Waals surface area contributed by atoms with Crippen molar-refractivity contribution < 1.29 is 23.1 Å². The van der Waals surface area contributed by atoms with Crippen LogP contribution in [0.25, 0.3) is 0 Å². The van der Waals surface area contributed by atoms with E-state index in [1.807, 2.05) is 18.7 Å². The van der Waals surface area contributed by atoms with Gasteiger partial charge in [-0.25, -0.2) is 9.78 Å². The van der Waals surface area contributed by atoms with E-state index in [1.165, 1.54) is 5.57 Å². The van der Waals surface area contributed by atoms with Crippen molar-refractivity contribution in [3.05, 3.63) is 30.4 Å². The van der Waals surface area contributed by atoms with Crippen LogP contribution in [0.5, 0.6) is 0 Å². The van der Waals surface area contributed by atoms with Gasteiger partial charge in [0.25, 0.3) is 0 Å². The Hall–Kier alpha value is -1.83.